The van der Waals surface area contributed by atoms with Crippen molar-refractivity contribution in [3.8, 4) is 0 Å². The Labute approximate surface area is 169 Å². The summed E-state index contributed by atoms with van der Waals surface area (Å²) >= 11 is 1.51. The summed E-state index contributed by atoms with van der Waals surface area (Å²) in [7, 11) is 1.86. The van der Waals surface area contributed by atoms with Crippen molar-refractivity contribution in [1.29, 1.82) is 0 Å². The van der Waals surface area contributed by atoms with Crippen LogP contribution in [0.3, 0.4) is 0 Å². The third kappa shape index (κ3) is 4.39. The highest BCUT2D eigenvalue weighted by atomic mass is 32.1. The van der Waals surface area contributed by atoms with E-state index in [-0.39, 0.29) is 5.91 Å². The van der Waals surface area contributed by atoms with Crippen LogP contribution in [0.15, 0.2) is 30.5 Å². The molecule has 3 aromatic rings. The molecule has 1 aliphatic heterocycles. The van der Waals surface area contributed by atoms with E-state index < -0.39 is 0 Å². The SMILES string of the molecule is CC.CNc1cc2nc(NCc3ccccn3)nc(C(=O)N3CCCC3)c2s1. The predicted molar refractivity (Wildman–Crippen MR) is 115 cm³/mol. The molecule has 4 heterocycles. The molecule has 148 valence electrons. The molecule has 28 heavy (non-hydrogen) atoms. The van der Waals surface area contributed by atoms with E-state index in [4.69, 9.17) is 0 Å². The fourth-order valence-corrected chi connectivity index (χ4v) is 3.95. The van der Waals surface area contributed by atoms with E-state index in [2.05, 4.69) is 25.6 Å². The Morgan fingerprint density at radius 3 is 2.68 bits per heavy atom. The topological polar surface area (TPSA) is 83.0 Å². The zero-order valence-electron chi connectivity index (χ0n) is 16.5. The molecule has 1 saturated heterocycles. The Morgan fingerprint density at radius 1 is 1.21 bits per heavy atom. The summed E-state index contributed by atoms with van der Waals surface area (Å²) in [4.78, 5) is 28.3. The molecule has 4 rings (SSSR count). The first-order chi connectivity index (χ1) is 13.7. The molecule has 8 heteroatoms. The lowest BCUT2D eigenvalue weighted by molar-refractivity contribution is 0.0789. The van der Waals surface area contributed by atoms with Gasteiger partial charge in [-0.05, 0) is 31.0 Å². The molecule has 1 amide bonds. The van der Waals surface area contributed by atoms with E-state index in [9.17, 15) is 4.79 Å². The number of rotatable bonds is 5. The highest BCUT2D eigenvalue weighted by Gasteiger charge is 2.25. The average molecular weight is 399 g/mol. The Morgan fingerprint density at radius 2 is 2.00 bits per heavy atom. The second kappa shape index (κ2) is 9.45. The lowest BCUT2D eigenvalue weighted by Crippen LogP contribution is -2.28. The molecule has 0 unspecified atom stereocenters. The highest BCUT2D eigenvalue weighted by Crippen LogP contribution is 2.32. The number of nitrogens with zero attached hydrogens (tertiary/aromatic N) is 4. The Balaban J connectivity index is 0.00000109. The van der Waals surface area contributed by atoms with Gasteiger partial charge in [0.1, 0.15) is 0 Å². The number of fused-ring (bicyclic) bond motifs is 1. The number of aromatic nitrogens is 3. The Hall–Kier alpha value is -2.74. The minimum Gasteiger partial charge on any atom is -0.380 e. The van der Waals surface area contributed by atoms with Crippen molar-refractivity contribution < 1.29 is 4.79 Å². The van der Waals surface area contributed by atoms with Crippen LogP contribution < -0.4 is 10.6 Å². The number of carbonyl (C=O) groups excluding carboxylic acids is 1. The summed E-state index contributed by atoms with van der Waals surface area (Å²) in [6.07, 6.45) is 3.86. The van der Waals surface area contributed by atoms with Crippen LogP contribution in [0, 0.1) is 0 Å². The van der Waals surface area contributed by atoms with Gasteiger partial charge < -0.3 is 15.5 Å². The van der Waals surface area contributed by atoms with Crippen molar-refractivity contribution in [1.82, 2.24) is 19.9 Å². The summed E-state index contributed by atoms with van der Waals surface area (Å²) in [6, 6.07) is 7.71. The Bertz CT molecular complexity index is 921. The summed E-state index contributed by atoms with van der Waals surface area (Å²) in [6.45, 7) is 6.10. The minimum absolute atomic E-state index is 0.0136. The molecule has 0 spiro atoms. The highest BCUT2D eigenvalue weighted by molar-refractivity contribution is 7.23. The van der Waals surface area contributed by atoms with Gasteiger partial charge in [-0.15, -0.1) is 11.3 Å². The van der Waals surface area contributed by atoms with E-state index in [0.29, 0.717) is 18.2 Å². The van der Waals surface area contributed by atoms with Crippen LogP contribution in [0.25, 0.3) is 10.2 Å². The van der Waals surface area contributed by atoms with Gasteiger partial charge in [-0.25, -0.2) is 9.97 Å². The summed E-state index contributed by atoms with van der Waals surface area (Å²) in [5.74, 6) is 0.437. The van der Waals surface area contributed by atoms with Crippen molar-refractivity contribution in [2.45, 2.75) is 33.2 Å². The number of likely N-dealkylation sites (tertiary alicyclic amines) is 1. The number of anilines is 2. The fourth-order valence-electron chi connectivity index (χ4n) is 3.02. The number of hydrogen-bond donors (Lipinski definition) is 2. The van der Waals surface area contributed by atoms with E-state index in [1.807, 2.05) is 50.1 Å². The van der Waals surface area contributed by atoms with Crippen molar-refractivity contribution in [2.75, 3.05) is 30.8 Å². The van der Waals surface area contributed by atoms with Gasteiger partial charge in [0.05, 0.1) is 27.5 Å². The first-order valence-corrected chi connectivity index (χ1v) is 10.5. The van der Waals surface area contributed by atoms with Crippen molar-refractivity contribution in [2.24, 2.45) is 0 Å². The number of pyridine rings is 1. The molecule has 0 aromatic carbocycles. The molecule has 2 N–H and O–H groups in total. The van der Waals surface area contributed by atoms with E-state index in [1.165, 1.54) is 11.3 Å². The lowest BCUT2D eigenvalue weighted by Gasteiger charge is -2.15. The smallest absolute Gasteiger partial charge is 0.274 e. The molecule has 1 aliphatic rings. The zero-order valence-corrected chi connectivity index (χ0v) is 17.3. The van der Waals surface area contributed by atoms with Crippen LogP contribution >= 0.6 is 11.3 Å². The van der Waals surface area contributed by atoms with E-state index in [0.717, 1.165) is 46.8 Å². The third-order valence-corrected chi connectivity index (χ3v) is 5.52. The first kappa shape index (κ1) is 20.0. The maximum Gasteiger partial charge on any atom is 0.274 e. The van der Waals surface area contributed by atoms with Gasteiger partial charge in [0.2, 0.25) is 5.95 Å². The maximum atomic E-state index is 13.0. The van der Waals surface area contributed by atoms with Crippen LogP contribution in [0.1, 0.15) is 42.9 Å². The van der Waals surface area contributed by atoms with Crippen LogP contribution in [0.5, 0.6) is 0 Å². The summed E-state index contributed by atoms with van der Waals surface area (Å²) < 4.78 is 0.828. The molecule has 7 nitrogen and oxygen atoms in total. The molecule has 1 fully saturated rings. The molecular weight excluding hydrogens is 372 g/mol. The fraction of sp³-hybridized carbons (Fsp3) is 0.400. The lowest BCUT2D eigenvalue weighted by atomic mass is 10.3. The van der Waals surface area contributed by atoms with Gasteiger partial charge in [-0.1, -0.05) is 19.9 Å². The van der Waals surface area contributed by atoms with Gasteiger partial charge in [0, 0.05) is 26.3 Å². The second-order valence-corrected chi connectivity index (χ2v) is 7.20. The van der Waals surface area contributed by atoms with E-state index >= 15 is 0 Å². The first-order valence-electron chi connectivity index (χ1n) is 9.67. The van der Waals surface area contributed by atoms with Crippen molar-refractivity contribution in [3.05, 3.63) is 41.9 Å². The monoisotopic (exact) mass is 398 g/mol. The van der Waals surface area contributed by atoms with Crippen LogP contribution in [0.4, 0.5) is 10.9 Å². The molecule has 3 aromatic heterocycles. The minimum atomic E-state index is -0.0136. The van der Waals surface area contributed by atoms with Crippen LogP contribution in [-0.4, -0.2) is 45.9 Å². The number of carbonyl (C=O) groups is 1. The van der Waals surface area contributed by atoms with Crippen molar-refractivity contribution in [3.63, 3.8) is 0 Å². The van der Waals surface area contributed by atoms with Gasteiger partial charge >= 0.3 is 0 Å². The zero-order chi connectivity index (χ0) is 19.9. The Kier molecular flexibility index (Phi) is 6.76. The number of amides is 1. The molecule has 0 bridgehead atoms. The average Bonchev–Trinajstić information content (AvgIpc) is 3.43. The van der Waals surface area contributed by atoms with Gasteiger partial charge in [-0.2, -0.15) is 0 Å². The predicted octanol–water partition coefficient (Wildman–Crippen LogP) is 4.00. The normalized spacial score (nSPS) is 13.2. The quantitative estimate of drug-likeness (QED) is 0.676. The molecule has 0 radical (unpaired) electrons. The molecule has 0 saturated carbocycles. The van der Waals surface area contributed by atoms with Gasteiger partial charge in [0.15, 0.2) is 5.69 Å². The largest absolute Gasteiger partial charge is 0.380 e. The summed E-state index contributed by atoms with van der Waals surface area (Å²) in [5.41, 5.74) is 2.15. The standard InChI is InChI=1S/C18H20N6OS.C2H6/c1-19-14-10-13-16(26-14)15(17(25)24-8-4-5-9-24)23-18(22-13)21-11-12-6-2-3-7-20-12;1-2/h2-3,6-7,10,19H,4-5,8-9,11H2,1H3,(H,21,22,23);1-2H3. The van der Waals surface area contributed by atoms with Gasteiger partial charge in [0.25, 0.3) is 5.91 Å². The summed E-state index contributed by atoms with van der Waals surface area (Å²) in [5, 5.41) is 7.28. The number of nitrogens with one attached hydrogen (secondary N) is 2. The third-order valence-electron chi connectivity index (χ3n) is 4.37. The molecule has 0 aliphatic carbocycles. The number of hydrogen-bond acceptors (Lipinski definition) is 7. The maximum absolute atomic E-state index is 13.0. The van der Waals surface area contributed by atoms with Crippen molar-refractivity contribution >= 4 is 38.4 Å². The van der Waals surface area contributed by atoms with E-state index in [1.54, 1.807) is 6.20 Å². The van der Waals surface area contributed by atoms with Crippen LogP contribution in [0.2, 0.25) is 0 Å². The van der Waals surface area contributed by atoms with Gasteiger partial charge in [-0.3, -0.25) is 9.78 Å². The number of thiophene rings is 1. The second-order valence-electron chi connectivity index (χ2n) is 6.14. The van der Waals surface area contributed by atoms with Crippen LogP contribution in [-0.2, 0) is 6.54 Å². The molecular formula is C20H26N6OS. The molecule has 0 atom stereocenters.